The topological polar surface area (TPSA) is 69.9 Å². The van der Waals surface area contributed by atoms with Gasteiger partial charge in [0.1, 0.15) is 5.54 Å². The third-order valence-electron chi connectivity index (χ3n) is 6.54. The van der Waals surface area contributed by atoms with E-state index in [9.17, 15) is 15.0 Å². The first-order chi connectivity index (χ1) is 13.6. The highest BCUT2D eigenvalue weighted by atomic mass is 32.1. The number of unbranched alkanes of at least 4 members (excludes halogenated alkanes) is 1. The maximum absolute atomic E-state index is 11.1. The summed E-state index contributed by atoms with van der Waals surface area (Å²) in [5.41, 5.74) is 0.362. The van der Waals surface area contributed by atoms with Crippen LogP contribution in [0.2, 0.25) is 0 Å². The number of aliphatic imine (C=N–C) groups is 1. The second-order valence-electron chi connectivity index (χ2n) is 9.31. The zero-order valence-corrected chi connectivity index (χ0v) is 19.2. The van der Waals surface area contributed by atoms with Crippen LogP contribution in [-0.4, -0.2) is 38.8 Å². The minimum absolute atomic E-state index is 0.0692. The van der Waals surface area contributed by atoms with Gasteiger partial charge >= 0.3 is 0 Å². The van der Waals surface area contributed by atoms with Crippen molar-refractivity contribution in [3.63, 3.8) is 0 Å². The predicted octanol–water partition coefficient (Wildman–Crippen LogP) is 4.35. The molecule has 0 saturated heterocycles. The van der Waals surface area contributed by atoms with Crippen LogP contribution in [0.3, 0.4) is 0 Å². The molecule has 162 valence electrons. The van der Waals surface area contributed by atoms with Crippen molar-refractivity contribution in [3.8, 4) is 11.8 Å². The van der Waals surface area contributed by atoms with E-state index in [0.29, 0.717) is 12.8 Å². The Morgan fingerprint density at radius 2 is 2.17 bits per heavy atom. The summed E-state index contributed by atoms with van der Waals surface area (Å²) in [4.78, 5) is 16.0. The first kappa shape index (κ1) is 24.2. The van der Waals surface area contributed by atoms with E-state index in [1.165, 1.54) is 0 Å². The summed E-state index contributed by atoms with van der Waals surface area (Å²) in [7, 11) is 0. The normalized spacial score (nSPS) is 30.0. The first-order valence-electron chi connectivity index (χ1n) is 10.9. The molecule has 5 unspecified atom stereocenters. The highest BCUT2D eigenvalue weighted by Gasteiger charge is 2.54. The Labute approximate surface area is 181 Å². The number of hydrogen-bond donors (Lipinski definition) is 3. The number of aliphatic hydroxyl groups excluding tert-OH is 2. The second-order valence-corrected chi connectivity index (χ2v) is 9.80. The minimum Gasteiger partial charge on any atom is -0.392 e. The van der Waals surface area contributed by atoms with Gasteiger partial charge < -0.3 is 10.2 Å². The van der Waals surface area contributed by atoms with E-state index in [0.717, 1.165) is 44.2 Å². The van der Waals surface area contributed by atoms with Crippen LogP contribution in [0, 0.1) is 29.1 Å². The van der Waals surface area contributed by atoms with Crippen LogP contribution in [0.4, 0.5) is 0 Å². The largest absolute Gasteiger partial charge is 0.392 e. The molecule has 0 aromatic rings. The molecule has 1 aliphatic carbocycles. The molecule has 2 aliphatic rings. The zero-order chi connectivity index (χ0) is 21.7. The molecule has 0 amide bonds. The van der Waals surface area contributed by atoms with Crippen LogP contribution >= 0.6 is 12.6 Å². The summed E-state index contributed by atoms with van der Waals surface area (Å²) >= 11 is 3.84. The fourth-order valence-electron chi connectivity index (χ4n) is 4.73. The molecule has 0 aromatic heterocycles. The fourth-order valence-corrected chi connectivity index (χ4v) is 4.89. The Morgan fingerprint density at radius 1 is 1.45 bits per heavy atom. The molecule has 4 nitrogen and oxygen atoms in total. The molecule has 5 heteroatoms. The Kier molecular flexibility index (Phi) is 8.58. The molecule has 2 N–H and O–H groups in total. The zero-order valence-electron chi connectivity index (χ0n) is 18.3. The summed E-state index contributed by atoms with van der Waals surface area (Å²) in [6.07, 6.45) is 9.27. The first-order valence-corrected chi connectivity index (χ1v) is 11.4. The van der Waals surface area contributed by atoms with Crippen molar-refractivity contribution in [3.05, 3.63) is 12.2 Å². The van der Waals surface area contributed by atoms with Crippen LogP contribution in [0.5, 0.6) is 0 Å². The van der Waals surface area contributed by atoms with E-state index >= 15 is 0 Å². The van der Waals surface area contributed by atoms with Crippen LogP contribution in [-0.2, 0) is 4.79 Å². The third kappa shape index (κ3) is 5.96. The van der Waals surface area contributed by atoms with Gasteiger partial charge in [-0.05, 0) is 38.0 Å². The summed E-state index contributed by atoms with van der Waals surface area (Å²) in [5, 5.41) is 21.4. The lowest BCUT2D eigenvalue weighted by molar-refractivity contribution is -0.110. The summed E-state index contributed by atoms with van der Waals surface area (Å²) in [5.74, 6) is 6.34. The van der Waals surface area contributed by atoms with Gasteiger partial charge in [0.2, 0.25) is 0 Å². The molecule has 0 radical (unpaired) electrons. The number of carbonyl (C=O) groups excluding carboxylic acids is 1. The maximum Gasteiger partial charge on any atom is 0.185 e. The molecule has 1 saturated carbocycles. The van der Waals surface area contributed by atoms with Crippen LogP contribution in [0.25, 0.3) is 0 Å². The molecule has 5 atom stereocenters. The van der Waals surface area contributed by atoms with E-state index in [4.69, 9.17) is 4.99 Å². The monoisotopic (exact) mass is 419 g/mol. The number of nitrogens with zero attached hydrogens (tertiary/aromatic N) is 1. The van der Waals surface area contributed by atoms with E-state index in [-0.39, 0.29) is 22.4 Å². The molecule has 2 rings (SSSR count). The van der Waals surface area contributed by atoms with Gasteiger partial charge in [-0.25, -0.2) is 0 Å². The Bertz CT molecular complexity index is 703. The van der Waals surface area contributed by atoms with Crippen molar-refractivity contribution < 1.29 is 15.0 Å². The predicted molar refractivity (Wildman–Crippen MR) is 122 cm³/mol. The van der Waals surface area contributed by atoms with E-state index in [1.807, 2.05) is 19.1 Å². The average Bonchev–Trinajstić information content (AvgIpc) is 3.09. The molecule has 1 heterocycles. The Morgan fingerprint density at radius 3 is 2.79 bits per heavy atom. The standard InChI is InChI=1S/C24H37NO3S/c1-5-7-14-23(3,4)21(27)12-11-18-19-15-17(9-8-10-22(28)29)25-24(19,13-6-2)16-20(18)26/h11-12,18-21,26-27H,5,7-10,14-16H2,1-4H3,(H,28,29)/b12-11+. The van der Waals surface area contributed by atoms with Gasteiger partial charge in [-0.3, -0.25) is 9.79 Å². The molecule has 0 spiro atoms. The molecule has 29 heavy (non-hydrogen) atoms. The molecular formula is C24H37NO3S. The average molecular weight is 420 g/mol. The summed E-state index contributed by atoms with van der Waals surface area (Å²) in [6.45, 7) is 8.16. The smallest absolute Gasteiger partial charge is 0.185 e. The van der Waals surface area contributed by atoms with Gasteiger partial charge in [-0.1, -0.05) is 51.7 Å². The third-order valence-corrected chi connectivity index (χ3v) is 6.77. The maximum atomic E-state index is 11.1. The lowest BCUT2D eigenvalue weighted by atomic mass is 9.79. The summed E-state index contributed by atoms with van der Waals surface area (Å²) in [6, 6.07) is 0. The highest BCUT2D eigenvalue weighted by Crippen LogP contribution is 2.50. The molecule has 1 aliphatic heterocycles. The van der Waals surface area contributed by atoms with Crippen molar-refractivity contribution in [1.82, 2.24) is 0 Å². The van der Waals surface area contributed by atoms with Crippen LogP contribution < -0.4 is 0 Å². The highest BCUT2D eigenvalue weighted by molar-refractivity contribution is 7.96. The van der Waals surface area contributed by atoms with E-state index in [1.54, 1.807) is 0 Å². The molecular weight excluding hydrogens is 382 g/mol. The second kappa shape index (κ2) is 10.3. The number of fused-ring (bicyclic) bond motifs is 1. The van der Waals surface area contributed by atoms with Crippen LogP contribution in [0.1, 0.15) is 79.1 Å². The van der Waals surface area contributed by atoms with Crippen molar-refractivity contribution in [1.29, 1.82) is 0 Å². The van der Waals surface area contributed by atoms with Crippen LogP contribution in [0.15, 0.2) is 17.1 Å². The Balaban J connectivity index is 2.13. The molecule has 1 fully saturated rings. The van der Waals surface area contributed by atoms with Crippen molar-refractivity contribution >= 4 is 23.5 Å². The molecule has 0 aromatic carbocycles. The van der Waals surface area contributed by atoms with Crippen molar-refractivity contribution in [2.24, 2.45) is 22.2 Å². The lowest BCUT2D eigenvalue weighted by Gasteiger charge is -2.29. The van der Waals surface area contributed by atoms with Gasteiger partial charge in [0.25, 0.3) is 0 Å². The number of thiol groups is 1. The fraction of sp³-hybridized carbons (Fsp3) is 0.750. The Hall–Kier alpha value is -1.09. The summed E-state index contributed by atoms with van der Waals surface area (Å²) < 4.78 is 0. The molecule has 0 bridgehead atoms. The van der Waals surface area contributed by atoms with E-state index in [2.05, 4.69) is 45.2 Å². The van der Waals surface area contributed by atoms with Gasteiger partial charge in [-0.2, -0.15) is 0 Å². The number of carbonyl (C=O) groups is 1. The van der Waals surface area contributed by atoms with Gasteiger partial charge in [0.05, 0.1) is 12.2 Å². The number of hydrogen-bond acceptors (Lipinski definition) is 4. The number of aliphatic hydroxyl groups is 2. The minimum atomic E-state index is -0.545. The SMILES string of the molecule is CC#CC12CC(O)C(/C=C/C(O)C(C)(C)CCCC)C1CC(CCCC(=O)S)=N2. The quantitative estimate of drug-likeness (QED) is 0.280. The van der Waals surface area contributed by atoms with Gasteiger partial charge in [-0.15, -0.1) is 18.5 Å². The van der Waals surface area contributed by atoms with E-state index < -0.39 is 17.7 Å². The van der Waals surface area contributed by atoms with Crippen molar-refractivity contribution in [2.45, 2.75) is 96.8 Å². The number of rotatable bonds is 10. The van der Waals surface area contributed by atoms with Gasteiger partial charge in [0, 0.05) is 30.4 Å². The lowest BCUT2D eigenvalue weighted by Crippen LogP contribution is -2.29. The van der Waals surface area contributed by atoms with Gasteiger partial charge in [0.15, 0.2) is 5.12 Å². The van der Waals surface area contributed by atoms with Crippen molar-refractivity contribution in [2.75, 3.05) is 0 Å².